The van der Waals surface area contributed by atoms with Crippen LogP contribution in [0.15, 0.2) is 42.5 Å². The number of nitrogens with one attached hydrogen (secondary N) is 1. The third-order valence-electron chi connectivity index (χ3n) is 4.34. The Hall–Kier alpha value is -2.53. The first-order valence-corrected chi connectivity index (χ1v) is 8.69. The Morgan fingerprint density at radius 2 is 1.76 bits per heavy atom. The lowest BCUT2D eigenvalue weighted by atomic mass is 10.1. The summed E-state index contributed by atoms with van der Waals surface area (Å²) < 4.78 is 0. The van der Waals surface area contributed by atoms with E-state index in [9.17, 15) is 9.59 Å². The Labute approximate surface area is 151 Å². The molecule has 3 N–H and O–H groups in total. The van der Waals surface area contributed by atoms with Gasteiger partial charge in [0, 0.05) is 18.7 Å². The first-order valence-electron chi connectivity index (χ1n) is 8.31. The van der Waals surface area contributed by atoms with Crippen LogP contribution >= 0.6 is 11.6 Å². The number of primary amides is 1. The standard InChI is InChI=1S/C19H20ClN3O2/c20-15-7-3-2-6-14(15)19(25)22-16-12-13(18(21)24)8-9-17(16)23-10-4-1-5-11-23/h2-3,6-9,12H,1,4-5,10-11H2,(H2,21,24)(H,22,25). The molecular formula is C19H20ClN3O2. The van der Waals surface area contributed by atoms with Crippen LogP contribution in [0.1, 0.15) is 40.0 Å². The number of benzene rings is 2. The highest BCUT2D eigenvalue weighted by atomic mass is 35.5. The van der Waals surface area contributed by atoms with Crippen molar-refractivity contribution in [3.8, 4) is 0 Å². The fraction of sp³-hybridized carbons (Fsp3) is 0.263. The molecule has 0 spiro atoms. The SMILES string of the molecule is NC(=O)c1ccc(N2CCCCC2)c(NC(=O)c2ccccc2Cl)c1. The largest absolute Gasteiger partial charge is 0.370 e. The molecule has 0 aliphatic carbocycles. The highest BCUT2D eigenvalue weighted by Crippen LogP contribution is 2.30. The van der Waals surface area contributed by atoms with Gasteiger partial charge in [0.05, 0.1) is 22.0 Å². The van der Waals surface area contributed by atoms with E-state index < -0.39 is 5.91 Å². The summed E-state index contributed by atoms with van der Waals surface area (Å²) >= 11 is 6.11. The molecule has 2 aromatic carbocycles. The van der Waals surface area contributed by atoms with Crippen LogP contribution in [-0.4, -0.2) is 24.9 Å². The minimum Gasteiger partial charge on any atom is -0.370 e. The molecule has 1 heterocycles. The van der Waals surface area contributed by atoms with Crippen LogP contribution in [0.2, 0.25) is 5.02 Å². The molecule has 3 rings (SSSR count). The van der Waals surface area contributed by atoms with Gasteiger partial charge in [-0.3, -0.25) is 9.59 Å². The van der Waals surface area contributed by atoms with E-state index in [-0.39, 0.29) is 5.91 Å². The molecule has 0 bridgehead atoms. The molecule has 1 aliphatic rings. The molecule has 0 radical (unpaired) electrons. The highest BCUT2D eigenvalue weighted by Gasteiger charge is 2.18. The van der Waals surface area contributed by atoms with Crippen LogP contribution in [0.4, 0.5) is 11.4 Å². The van der Waals surface area contributed by atoms with Gasteiger partial charge in [-0.2, -0.15) is 0 Å². The predicted molar refractivity (Wildman–Crippen MR) is 100 cm³/mol. The van der Waals surface area contributed by atoms with E-state index >= 15 is 0 Å². The summed E-state index contributed by atoms with van der Waals surface area (Å²) in [4.78, 5) is 26.4. The Morgan fingerprint density at radius 3 is 2.44 bits per heavy atom. The van der Waals surface area contributed by atoms with E-state index in [0.717, 1.165) is 31.6 Å². The summed E-state index contributed by atoms with van der Waals surface area (Å²) in [6, 6.07) is 12.0. The third-order valence-corrected chi connectivity index (χ3v) is 4.67. The second-order valence-electron chi connectivity index (χ2n) is 6.08. The molecule has 0 saturated carbocycles. The molecule has 2 aromatic rings. The van der Waals surface area contributed by atoms with E-state index in [2.05, 4.69) is 10.2 Å². The number of amides is 2. The maximum absolute atomic E-state index is 12.6. The molecule has 0 unspecified atom stereocenters. The minimum absolute atomic E-state index is 0.314. The number of carbonyl (C=O) groups excluding carboxylic acids is 2. The van der Waals surface area contributed by atoms with E-state index in [1.165, 1.54) is 6.42 Å². The normalized spacial score (nSPS) is 14.2. The van der Waals surface area contributed by atoms with Gasteiger partial charge in [-0.1, -0.05) is 23.7 Å². The Balaban J connectivity index is 1.94. The third kappa shape index (κ3) is 3.94. The molecule has 2 amide bonds. The maximum atomic E-state index is 12.6. The molecule has 1 aliphatic heterocycles. The Kier molecular flexibility index (Phi) is 5.24. The number of piperidine rings is 1. The van der Waals surface area contributed by atoms with Crippen molar-refractivity contribution in [1.82, 2.24) is 0 Å². The van der Waals surface area contributed by atoms with Crippen LogP contribution < -0.4 is 16.0 Å². The first-order chi connectivity index (χ1) is 12.1. The van der Waals surface area contributed by atoms with Gasteiger partial charge in [0.25, 0.3) is 5.91 Å². The van der Waals surface area contributed by atoms with Gasteiger partial charge in [0.1, 0.15) is 0 Å². The number of nitrogens with two attached hydrogens (primary N) is 1. The van der Waals surface area contributed by atoms with Crippen LogP contribution in [0.5, 0.6) is 0 Å². The van der Waals surface area contributed by atoms with Crippen LogP contribution in [0.25, 0.3) is 0 Å². The first kappa shape index (κ1) is 17.3. The second kappa shape index (κ2) is 7.57. The monoisotopic (exact) mass is 357 g/mol. The summed E-state index contributed by atoms with van der Waals surface area (Å²) in [5, 5.41) is 3.27. The summed E-state index contributed by atoms with van der Waals surface area (Å²) in [6.07, 6.45) is 3.42. The number of hydrogen-bond acceptors (Lipinski definition) is 3. The van der Waals surface area contributed by atoms with Crippen molar-refractivity contribution in [2.75, 3.05) is 23.3 Å². The van der Waals surface area contributed by atoms with Gasteiger partial charge in [-0.05, 0) is 49.6 Å². The predicted octanol–water partition coefficient (Wildman–Crippen LogP) is 3.68. The number of halogens is 1. The quantitative estimate of drug-likeness (QED) is 0.876. The van der Waals surface area contributed by atoms with E-state index in [0.29, 0.717) is 21.8 Å². The fourth-order valence-electron chi connectivity index (χ4n) is 3.03. The van der Waals surface area contributed by atoms with Crippen molar-refractivity contribution in [2.24, 2.45) is 5.73 Å². The molecule has 0 aromatic heterocycles. The van der Waals surface area contributed by atoms with Crippen molar-refractivity contribution in [1.29, 1.82) is 0 Å². The average Bonchev–Trinajstić information content (AvgIpc) is 2.62. The van der Waals surface area contributed by atoms with E-state index in [1.54, 1.807) is 36.4 Å². The lowest BCUT2D eigenvalue weighted by Crippen LogP contribution is -2.30. The lowest BCUT2D eigenvalue weighted by Gasteiger charge is -2.30. The number of nitrogens with zero attached hydrogens (tertiary/aromatic N) is 1. The van der Waals surface area contributed by atoms with Crippen molar-refractivity contribution >= 4 is 34.8 Å². The molecule has 130 valence electrons. The van der Waals surface area contributed by atoms with Crippen molar-refractivity contribution in [2.45, 2.75) is 19.3 Å². The van der Waals surface area contributed by atoms with Crippen LogP contribution in [0, 0.1) is 0 Å². The van der Waals surface area contributed by atoms with Gasteiger partial charge < -0.3 is 16.0 Å². The van der Waals surface area contributed by atoms with Crippen molar-refractivity contribution in [3.05, 3.63) is 58.6 Å². The van der Waals surface area contributed by atoms with Crippen LogP contribution in [0.3, 0.4) is 0 Å². The minimum atomic E-state index is -0.529. The Morgan fingerprint density at radius 1 is 1.04 bits per heavy atom. The van der Waals surface area contributed by atoms with Gasteiger partial charge in [0.2, 0.25) is 5.91 Å². The lowest BCUT2D eigenvalue weighted by molar-refractivity contribution is 0.0996. The zero-order chi connectivity index (χ0) is 17.8. The number of carbonyl (C=O) groups is 2. The fourth-order valence-corrected chi connectivity index (χ4v) is 3.26. The van der Waals surface area contributed by atoms with Crippen LogP contribution in [-0.2, 0) is 0 Å². The zero-order valence-electron chi connectivity index (χ0n) is 13.8. The van der Waals surface area contributed by atoms with E-state index in [4.69, 9.17) is 17.3 Å². The number of rotatable bonds is 4. The molecule has 1 saturated heterocycles. The number of hydrogen-bond donors (Lipinski definition) is 2. The maximum Gasteiger partial charge on any atom is 0.257 e. The average molecular weight is 358 g/mol. The van der Waals surface area contributed by atoms with E-state index in [1.807, 2.05) is 6.07 Å². The van der Waals surface area contributed by atoms with Gasteiger partial charge in [-0.25, -0.2) is 0 Å². The summed E-state index contributed by atoms with van der Waals surface area (Å²) in [7, 11) is 0. The molecule has 1 fully saturated rings. The molecule has 6 heteroatoms. The Bertz CT molecular complexity index is 801. The van der Waals surface area contributed by atoms with Gasteiger partial charge >= 0.3 is 0 Å². The summed E-state index contributed by atoms with van der Waals surface area (Å²) in [5.74, 6) is -0.844. The summed E-state index contributed by atoms with van der Waals surface area (Å²) in [6.45, 7) is 1.84. The zero-order valence-corrected chi connectivity index (χ0v) is 14.6. The smallest absolute Gasteiger partial charge is 0.257 e. The van der Waals surface area contributed by atoms with Crippen molar-refractivity contribution < 1.29 is 9.59 Å². The second-order valence-corrected chi connectivity index (χ2v) is 6.49. The van der Waals surface area contributed by atoms with Gasteiger partial charge in [0.15, 0.2) is 0 Å². The highest BCUT2D eigenvalue weighted by molar-refractivity contribution is 6.34. The van der Waals surface area contributed by atoms with Crippen molar-refractivity contribution in [3.63, 3.8) is 0 Å². The summed E-state index contributed by atoms with van der Waals surface area (Å²) in [5.41, 5.74) is 7.60. The topological polar surface area (TPSA) is 75.4 Å². The molecule has 25 heavy (non-hydrogen) atoms. The van der Waals surface area contributed by atoms with Gasteiger partial charge in [-0.15, -0.1) is 0 Å². The molecule has 5 nitrogen and oxygen atoms in total. The molecular weight excluding hydrogens is 338 g/mol. The number of anilines is 2. The molecule has 0 atom stereocenters.